The van der Waals surface area contributed by atoms with Gasteiger partial charge in [0.15, 0.2) is 5.66 Å². The lowest BCUT2D eigenvalue weighted by molar-refractivity contribution is -0.116. The molecule has 0 radical (unpaired) electrons. The van der Waals surface area contributed by atoms with Crippen LogP contribution < -0.4 is 10.9 Å². The summed E-state index contributed by atoms with van der Waals surface area (Å²) in [6.45, 7) is 1.73. The number of rotatable bonds is 6. The van der Waals surface area contributed by atoms with E-state index in [4.69, 9.17) is 6.42 Å². The quantitative estimate of drug-likeness (QED) is 0.772. The van der Waals surface area contributed by atoms with Gasteiger partial charge in [-0.3, -0.25) is 9.59 Å². The molecule has 0 atom stereocenters. The normalized spacial score (nSPS) is 14.5. The van der Waals surface area contributed by atoms with Crippen molar-refractivity contribution in [1.82, 2.24) is 4.98 Å². The molecule has 110 valence electrons. The van der Waals surface area contributed by atoms with E-state index in [2.05, 4.69) is 42.4 Å². The highest BCUT2D eigenvalue weighted by atomic mass is 79.9. The first-order chi connectivity index (χ1) is 9.96. The molecule has 1 aromatic rings. The summed E-state index contributed by atoms with van der Waals surface area (Å²) < 4.78 is 0.376. The van der Waals surface area contributed by atoms with Crippen LogP contribution in [-0.2, 0) is 4.79 Å². The zero-order chi connectivity index (χ0) is 15.5. The molecule has 2 N–H and O–H groups in total. The fourth-order valence-electron chi connectivity index (χ4n) is 1.92. The molecule has 1 aliphatic rings. The molecule has 2 heterocycles. The molecular weight excluding hydrogens is 336 g/mol. The van der Waals surface area contributed by atoms with Crippen LogP contribution >= 0.6 is 15.9 Å². The van der Waals surface area contributed by atoms with Gasteiger partial charge in [-0.05, 0) is 28.9 Å². The summed E-state index contributed by atoms with van der Waals surface area (Å²) in [5.41, 5.74) is 0.507. The van der Waals surface area contributed by atoms with Gasteiger partial charge in [-0.2, -0.15) is 10.2 Å². The lowest BCUT2D eigenvalue weighted by Crippen LogP contribution is -2.19. The van der Waals surface area contributed by atoms with E-state index in [0.717, 1.165) is 0 Å². The van der Waals surface area contributed by atoms with Gasteiger partial charge in [-0.15, -0.1) is 12.3 Å². The van der Waals surface area contributed by atoms with Gasteiger partial charge in [0.05, 0.1) is 10.2 Å². The Kier molecular flexibility index (Phi) is 4.58. The van der Waals surface area contributed by atoms with Crippen LogP contribution in [0.5, 0.6) is 0 Å². The van der Waals surface area contributed by atoms with Gasteiger partial charge < -0.3 is 10.3 Å². The van der Waals surface area contributed by atoms with Gasteiger partial charge in [-0.25, -0.2) is 0 Å². The summed E-state index contributed by atoms with van der Waals surface area (Å²) >= 11 is 3.14. The van der Waals surface area contributed by atoms with Gasteiger partial charge >= 0.3 is 0 Å². The standard InChI is InChI=1S/C14H15BrN4O2/c1-3-4-6-14(18-19-14)7-5-12(20)17-11-8-10(15)13(21)16-9(11)2/h1,8H,4-7H2,2H3,(H,16,21)(H,17,20). The van der Waals surface area contributed by atoms with Crippen molar-refractivity contribution < 1.29 is 4.79 Å². The Morgan fingerprint density at radius 2 is 2.24 bits per heavy atom. The number of halogens is 1. The van der Waals surface area contributed by atoms with E-state index in [1.165, 1.54) is 0 Å². The molecule has 2 rings (SSSR count). The van der Waals surface area contributed by atoms with Crippen LogP contribution in [0.25, 0.3) is 0 Å². The Morgan fingerprint density at radius 3 is 2.86 bits per heavy atom. The average molecular weight is 351 g/mol. The molecule has 1 aliphatic heterocycles. The summed E-state index contributed by atoms with van der Waals surface area (Å²) in [7, 11) is 0. The lowest BCUT2D eigenvalue weighted by atomic mass is 10.0. The number of amides is 1. The molecular formula is C14H15BrN4O2. The number of hydrogen-bond donors (Lipinski definition) is 2. The first-order valence-corrected chi connectivity index (χ1v) is 7.32. The molecule has 0 saturated heterocycles. The minimum absolute atomic E-state index is 0.144. The highest BCUT2D eigenvalue weighted by molar-refractivity contribution is 9.10. The Bertz CT molecular complexity index is 681. The van der Waals surface area contributed by atoms with Crippen molar-refractivity contribution in [2.75, 3.05) is 5.32 Å². The lowest BCUT2D eigenvalue weighted by Gasteiger charge is -2.11. The van der Waals surface area contributed by atoms with Crippen LogP contribution in [-0.4, -0.2) is 16.6 Å². The van der Waals surface area contributed by atoms with Gasteiger partial charge in [-0.1, -0.05) is 0 Å². The molecule has 21 heavy (non-hydrogen) atoms. The highest BCUT2D eigenvalue weighted by Gasteiger charge is 2.39. The fraction of sp³-hybridized carbons (Fsp3) is 0.429. The number of terminal acetylenes is 1. The predicted molar refractivity (Wildman–Crippen MR) is 83.0 cm³/mol. The predicted octanol–water partition coefficient (Wildman–Crippen LogP) is 2.74. The van der Waals surface area contributed by atoms with E-state index in [-0.39, 0.29) is 11.5 Å². The number of aromatic nitrogens is 1. The molecule has 7 heteroatoms. The number of H-pyrrole nitrogens is 1. The first kappa shape index (κ1) is 15.4. The molecule has 0 bridgehead atoms. The maximum absolute atomic E-state index is 12.0. The first-order valence-electron chi connectivity index (χ1n) is 6.52. The molecule has 0 fully saturated rings. The van der Waals surface area contributed by atoms with Crippen LogP contribution in [0.2, 0.25) is 0 Å². The summed E-state index contributed by atoms with van der Waals surface area (Å²) in [4.78, 5) is 26.0. The zero-order valence-electron chi connectivity index (χ0n) is 11.6. The molecule has 0 spiro atoms. The number of nitrogens with one attached hydrogen (secondary N) is 2. The van der Waals surface area contributed by atoms with E-state index in [1.807, 2.05) is 0 Å². The third kappa shape index (κ3) is 4.02. The van der Waals surface area contributed by atoms with Crippen LogP contribution in [0.15, 0.2) is 25.6 Å². The molecule has 6 nitrogen and oxygen atoms in total. The third-order valence-corrected chi connectivity index (χ3v) is 3.86. The summed E-state index contributed by atoms with van der Waals surface area (Å²) in [5, 5.41) is 10.7. The van der Waals surface area contributed by atoms with Crippen molar-refractivity contribution >= 4 is 27.5 Å². The Morgan fingerprint density at radius 1 is 1.52 bits per heavy atom. The number of aryl methyl sites for hydroxylation is 1. The molecule has 0 unspecified atom stereocenters. The van der Waals surface area contributed by atoms with E-state index < -0.39 is 5.66 Å². The maximum atomic E-state index is 12.0. The Labute approximate surface area is 130 Å². The van der Waals surface area contributed by atoms with E-state index in [9.17, 15) is 9.59 Å². The Hall–Kier alpha value is -1.94. The van der Waals surface area contributed by atoms with Crippen LogP contribution in [0.4, 0.5) is 5.69 Å². The van der Waals surface area contributed by atoms with Gasteiger partial charge in [0.2, 0.25) is 5.91 Å². The van der Waals surface area contributed by atoms with Crippen molar-refractivity contribution in [3.63, 3.8) is 0 Å². The second-order valence-corrected chi connectivity index (χ2v) is 5.77. The largest absolute Gasteiger partial charge is 0.325 e. The van der Waals surface area contributed by atoms with Crippen molar-refractivity contribution in [3.05, 3.63) is 26.6 Å². The SMILES string of the molecule is C#CCCC1(CCC(=O)Nc2cc(Br)c(=O)[nH]c2C)N=N1. The number of hydrogen-bond acceptors (Lipinski definition) is 4. The van der Waals surface area contributed by atoms with Gasteiger partial charge in [0.1, 0.15) is 0 Å². The molecule has 1 amide bonds. The van der Waals surface area contributed by atoms with Gasteiger partial charge in [0.25, 0.3) is 5.56 Å². The maximum Gasteiger partial charge on any atom is 0.262 e. The highest BCUT2D eigenvalue weighted by Crippen LogP contribution is 2.37. The summed E-state index contributed by atoms with van der Waals surface area (Å²) in [5.74, 6) is 2.41. The smallest absolute Gasteiger partial charge is 0.262 e. The van der Waals surface area contributed by atoms with Crippen LogP contribution in [0.3, 0.4) is 0 Å². The van der Waals surface area contributed by atoms with E-state index >= 15 is 0 Å². The van der Waals surface area contributed by atoms with Crippen molar-refractivity contribution in [2.24, 2.45) is 10.2 Å². The number of pyridine rings is 1. The number of aromatic amines is 1. The summed E-state index contributed by atoms with van der Waals surface area (Å²) in [6, 6.07) is 1.59. The average Bonchev–Trinajstić information content (AvgIpc) is 3.21. The van der Waals surface area contributed by atoms with Crippen molar-refractivity contribution in [3.8, 4) is 12.3 Å². The second-order valence-electron chi connectivity index (χ2n) is 4.92. The molecule has 0 saturated carbocycles. The zero-order valence-corrected chi connectivity index (χ0v) is 13.2. The van der Waals surface area contributed by atoms with Crippen LogP contribution in [0, 0.1) is 19.3 Å². The number of carbonyl (C=O) groups excluding carboxylic acids is 1. The monoisotopic (exact) mass is 350 g/mol. The van der Waals surface area contributed by atoms with Crippen LogP contribution in [0.1, 0.15) is 31.4 Å². The van der Waals surface area contributed by atoms with Crippen molar-refractivity contribution in [2.45, 2.75) is 38.3 Å². The summed E-state index contributed by atoms with van der Waals surface area (Å²) in [6.07, 6.45) is 7.34. The minimum atomic E-state index is -0.454. The Balaban J connectivity index is 1.90. The topological polar surface area (TPSA) is 86.7 Å². The molecule has 0 aromatic carbocycles. The third-order valence-electron chi connectivity index (χ3n) is 3.27. The second kappa shape index (κ2) is 6.22. The molecule has 1 aromatic heterocycles. The number of nitrogens with zero attached hydrogens (tertiary/aromatic N) is 2. The number of anilines is 1. The van der Waals surface area contributed by atoms with E-state index in [1.54, 1.807) is 13.0 Å². The molecule has 0 aliphatic carbocycles. The van der Waals surface area contributed by atoms with E-state index in [0.29, 0.717) is 41.5 Å². The van der Waals surface area contributed by atoms with Crippen molar-refractivity contribution in [1.29, 1.82) is 0 Å². The fourth-order valence-corrected chi connectivity index (χ4v) is 2.25. The minimum Gasteiger partial charge on any atom is -0.325 e. The number of carbonyl (C=O) groups is 1. The van der Waals surface area contributed by atoms with Gasteiger partial charge in [0, 0.05) is 31.4 Å².